The van der Waals surface area contributed by atoms with E-state index in [0.717, 1.165) is 12.3 Å². The molecule has 0 spiro atoms. The molecule has 4 N–H and O–H groups in total. The number of nitrogens with zero attached hydrogens (tertiary/aromatic N) is 1. The van der Waals surface area contributed by atoms with E-state index in [4.69, 9.17) is 5.84 Å². The molecule has 0 saturated carbocycles. The minimum absolute atomic E-state index is 0.121. The monoisotopic (exact) mass is 296 g/mol. The van der Waals surface area contributed by atoms with E-state index in [1.807, 2.05) is 0 Å². The number of aryl methyl sites for hydroxylation is 1. The van der Waals surface area contributed by atoms with Crippen molar-refractivity contribution in [1.82, 2.24) is 4.98 Å². The number of nitrogens with one attached hydrogen (secondary N) is 2. The van der Waals surface area contributed by atoms with Crippen LogP contribution in [0.1, 0.15) is 5.56 Å². The molecule has 8 heteroatoms. The van der Waals surface area contributed by atoms with Gasteiger partial charge in [-0.2, -0.15) is 0 Å². The molecule has 1 heterocycles. The number of anilines is 2. The van der Waals surface area contributed by atoms with E-state index in [-0.39, 0.29) is 16.3 Å². The van der Waals surface area contributed by atoms with Gasteiger partial charge in [0.05, 0.1) is 11.4 Å². The molecule has 0 aliphatic rings. The van der Waals surface area contributed by atoms with Gasteiger partial charge in [-0.3, -0.25) is 15.5 Å². The molecule has 0 atom stereocenters. The molecule has 1 aromatic heterocycles. The van der Waals surface area contributed by atoms with Crippen LogP contribution in [0.15, 0.2) is 41.6 Å². The van der Waals surface area contributed by atoms with Crippen molar-refractivity contribution in [3.8, 4) is 0 Å². The smallest absolute Gasteiger partial charge is 0.265 e. The Kier molecular flexibility index (Phi) is 3.86. The molecule has 0 fully saturated rings. The number of benzene rings is 1. The van der Waals surface area contributed by atoms with E-state index in [1.54, 1.807) is 6.92 Å². The largest absolute Gasteiger partial charge is 0.323 e. The molecule has 0 bridgehead atoms. The number of aromatic nitrogens is 1. The van der Waals surface area contributed by atoms with Gasteiger partial charge in [0, 0.05) is 12.4 Å². The van der Waals surface area contributed by atoms with Gasteiger partial charge in [0.1, 0.15) is 10.7 Å². The second-order valence-electron chi connectivity index (χ2n) is 4.14. The summed E-state index contributed by atoms with van der Waals surface area (Å²) in [7, 11) is -3.91. The minimum atomic E-state index is -3.91. The lowest BCUT2D eigenvalue weighted by atomic mass is 10.2. The molecule has 0 radical (unpaired) electrons. The second kappa shape index (κ2) is 5.43. The van der Waals surface area contributed by atoms with Gasteiger partial charge in [-0.1, -0.05) is 0 Å². The SMILES string of the molecule is Cc1cc(F)cc(NS(=O)(=O)c2cnccc2NN)c1. The number of sulfonamides is 1. The van der Waals surface area contributed by atoms with Gasteiger partial charge in [-0.25, -0.2) is 12.8 Å². The van der Waals surface area contributed by atoms with Crippen LogP contribution in [0.5, 0.6) is 0 Å². The molecule has 6 nitrogen and oxygen atoms in total. The van der Waals surface area contributed by atoms with Crippen molar-refractivity contribution < 1.29 is 12.8 Å². The third kappa shape index (κ3) is 3.03. The van der Waals surface area contributed by atoms with Crippen LogP contribution in [0.2, 0.25) is 0 Å². The Morgan fingerprint density at radius 2 is 2.05 bits per heavy atom. The first kappa shape index (κ1) is 14.2. The van der Waals surface area contributed by atoms with E-state index in [1.165, 1.54) is 24.4 Å². The van der Waals surface area contributed by atoms with Crippen LogP contribution in [0, 0.1) is 12.7 Å². The summed E-state index contributed by atoms with van der Waals surface area (Å²) in [5.74, 6) is 4.74. The van der Waals surface area contributed by atoms with Crippen LogP contribution in [-0.2, 0) is 10.0 Å². The van der Waals surface area contributed by atoms with Crippen LogP contribution < -0.4 is 16.0 Å². The maximum atomic E-state index is 13.3. The summed E-state index contributed by atoms with van der Waals surface area (Å²) >= 11 is 0. The first-order chi connectivity index (χ1) is 9.42. The summed E-state index contributed by atoms with van der Waals surface area (Å²) in [6, 6.07) is 5.34. The number of nitrogens with two attached hydrogens (primary N) is 1. The van der Waals surface area contributed by atoms with E-state index in [2.05, 4.69) is 15.1 Å². The van der Waals surface area contributed by atoms with Crippen molar-refractivity contribution in [2.45, 2.75) is 11.8 Å². The number of hydrogen-bond acceptors (Lipinski definition) is 5. The van der Waals surface area contributed by atoms with Crippen LogP contribution >= 0.6 is 0 Å². The minimum Gasteiger partial charge on any atom is -0.323 e. The quantitative estimate of drug-likeness (QED) is 0.588. The average molecular weight is 296 g/mol. The number of halogens is 1. The highest BCUT2D eigenvalue weighted by molar-refractivity contribution is 7.92. The molecule has 0 aliphatic heterocycles. The van der Waals surface area contributed by atoms with Crippen molar-refractivity contribution in [2.24, 2.45) is 5.84 Å². The molecule has 2 aromatic rings. The third-order valence-corrected chi connectivity index (χ3v) is 3.93. The van der Waals surface area contributed by atoms with E-state index in [9.17, 15) is 12.8 Å². The summed E-state index contributed by atoms with van der Waals surface area (Å²) in [6.45, 7) is 1.66. The van der Waals surface area contributed by atoms with Gasteiger partial charge in [0.15, 0.2) is 0 Å². The maximum Gasteiger partial charge on any atom is 0.265 e. The van der Waals surface area contributed by atoms with Crippen molar-refractivity contribution in [3.63, 3.8) is 0 Å². The third-order valence-electron chi connectivity index (χ3n) is 2.52. The lowest BCUT2D eigenvalue weighted by Crippen LogP contribution is -2.18. The number of nitrogen functional groups attached to an aromatic ring is 1. The molecule has 1 aromatic carbocycles. The fourth-order valence-corrected chi connectivity index (χ4v) is 2.87. The first-order valence-corrected chi connectivity index (χ1v) is 7.11. The predicted molar refractivity (Wildman–Crippen MR) is 74.0 cm³/mol. The number of hydrogen-bond donors (Lipinski definition) is 3. The molecule has 20 heavy (non-hydrogen) atoms. The predicted octanol–water partition coefficient (Wildman–Crippen LogP) is 1.62. The molecule has 0 unspecified atom stereocenters. The number of rotatable bonds is 4. The lowest BCUT2D eigenvalue weighted by Gasteiger charge is -2.11. The van der Waals surface area contributed by atoms with Gasteiger partial charge in [-0.05, 0) is 36.8 Å². The first-order valence-electron chi connectivity index (χ1n) is 5.63. The summed E-state index contributed by atoms with van der Waals surface area (Å²) in [4.78, 5) is 3.63. The van der Waals surface area contributed by atoms with Gasteiger partial charge in [-0.15, -0.1) is 0 Å². The Morgan fingerprint density at radius 1 is 1.30 bits per heavy atom. The lowest BCUT2D eigenvalue weighted by molar-refractivity contribution is 0.601. The number of pyridine rings is 1. The summed E-state index contributed by atoms with van der Waals surface area (Å²) in [5, 5.41) is 0. The van der Waals surface area contributed by atoms with Gasteiger partial charge in [0.2, 0.25) is 0 Å². The van der Waals surface area contributed by atoms with Crippen molar-refractivity contribution in [1.29, 1.82) is 0 Å². The fraction of sp³-hybridized carbons (Fsp3) is 0.0833. The molecule has 106 valence electrons. The van der Waals surface area contributed by atoms with Crippen molar-refractivity contribution in [2.75, 3.05) is 10.1 Å². The molecule has 2 rings (SSSR count). The molecular weight excluding hydrogens is 283 g/mol. The molecule has 0 aliphatic carbocycles. The fourth-order valence-electron chi connectivity index (χ4n) is 1.72. The van der Waals surface area contributed by atoms with Crippen molar-refractivity contribution >= 4 is 21.4 Å². The topological polar surface area (TPSA) is 97.1 Å². The zero-order valence-corrected chi connectivity index (χ0v) is 11.4. The normalized spacial score (nSPS) is 11.2. The van der Waals surface area contributed by atoms with Crippen molar-refractivity contribution in [3.05, 3.63) is 48.0 Å². The summed E-state index contributed by atoms with van der Waals surface area (Å²) < 4.78 is 40.0. The van der Waals surface area contributed by atoms with Gasteiger partial charge >= 0.3 is 0 Å². The molecule has 0 amide bonds. The Hall–Kier alpha value is -2.19. The molecular formula is C12H13FN4O2S. The molecule has 0 saturated heterocycles. The van der Waals surface area contributed by atoms with Gasteiger partial charge in [0.25, 0.3) is 10.0 Å². The summed E-state index contributed by atoms with van der Waals surface area (Å²) in [6.07, 6.45) is 2.56. The Labute approximate surface area is 115 Å². The summed E-state index contributed by atoms with van der Waals surface area (Å²) in [5.41, 5.74) is 3.21. The van der Waals surface area contributed by atoms with E-state index in [0.29, 0.717) is 5.56 Å². The maximum absolute atomic E-state index is 13.3. The standard InChI is InChI=1S/C12H13FN4O2S/c1-8-4-9(13)6-10(5-8)17-20(18,19)12-7-15-3-2-11(12)16-14/h2-7,17H,14H2,1H3,(H,15,16). The highest BCUT2D eigenvalue weighted by Crippen LogP contribution is 2.22. The van der Waals surface area contributed by atoms with E-state index >= 15 is 0 Å². The van der Waals surface area contributed by atoms with Crippen LogP contribution in [0.25, 0.3) is 0 Å². The van der Waals surface area contributed by atoms with E-state index < -0.39 is 15.8 Å². The van der Waals surface area contributed by atoms with Crippen LogP contribution in [0.3, 0.4) is 0 Å². The highest BCUT2D eigenvalue weighted by Gasteiger charge is 2.19. The highest BCUT2D eigenvalue weighted by atomic mass is 32.2. The average Bonchev–Trinajstić information content (AvgIpc) is 2.36. The Morgan fingerprint density at radius 3 is 2.70 bits per heavy atom. The Bertz CT molecular complexity index is 714. The van der Waals surface area contributed by atoms with Crippen LogP contribution in [-0.4, -0.2) is 13.4 Å². The van der Waals surface area contributed by atoms with Gasteiger partial charge < -0.3 is 5.43 Å². The zero-order chi connectivity index (χ0) is 14.8. The number of hydrazine groups is 1. The second-order valence-corrected chi connectivity index (χ2v) is 5.79. The van der Waals surface area contributed by atoms with Crippen LogP contribution in [0.4, 0.5) is 15.8 Å². The Balaban J connectivity index is 2.41. The zero-order valence-electron chi connectivity index (χ0n) is 10.6.